The summed E-state index contributed by atoms with van der Waals surface area (Å²) in [5.41, 5.74) is -0.350. The summed E-state index contributed by atoms with van der Waals surface area (Å²) in [6, 6.07) is 39.6. The maximum atomic E-state index is 15.1. The number of benzene rings is 4. The summed E-state index contributed by atoms with van der Waals surface area (Å²) in [6.45, 7) is 4.35. The Morgan fingerprint density at radius 3 is 1.00 bits per heavy atom. The minimum Gasteiger partial charge on any atom is -0.314 e. The van der Waals surface area contributed by atoms with E-state index in [4.69, 9.17) is 0 Å². The second kappa shape index (κ2) is 11.6. The van der Waals surface area contributed by atoms with Crippen molar-refractivity contribution >= 4 is 35.5 Å². The lowest BCUT2D eigenvalue weighted by Gasteiger charge is -2.39. The Labute approximate surface area is 216 Å². The van der Waals surface area contributed by atoms with Crippen molar-refractivity contribution in [2.75, 3.05) is 12.3 Å². The molecule has 0 fully saturated rings. The van der Waals surface area contributed by atoms with Gasteiger partial charge in [0, 0.05) is 33.5 Å². The lowest BCUT2D eigenvalue weighted by atomic mass is 9.85. The van der Waals surface area contributed by atoms with Crippen LogP contribution < -0.4 is 21.2 Å². The Kier molecular flexibility index (Phi) is 8.50. The van der Waals surface area contributed by atoms with E-state index in [9.17, 15) is 0 Å². The molecule has 186 valence electrons. The molecule has 0 unspecified atom stereocenters. The molecule has 0 aliphatic heterocycles. The van der Waals surface area contributed by atoms with Gasteiger partial charge < -0.3 is 9.13 Å². The predicted molar refractivity (Wildman–Crippen MR) is 157 cm³/mol. The van der Waals surface area contributed by atoms with Crippen LogP contribution in [0.15, 0.2) is 121 Å². The van der Waals surface area contributed by atoms with Crippen molar-refractivity contribution in [2.45, 2.75) is 33.1 Å². The van der Waals surface area contributed by atoms with Gasteiger partial charge in [0.1, 0.15) is 14.3 Å². The SMILES string of the molecule is CCCC(CC)(CP(=O)(c1ccccc1)c1ccccc1)CP(=O)(c1ccccc1)c1ccccc1. The van der Waals surface area contributed by atoms with Crippen LogP contribution >= 0.6 is 14.3 Å². The normalized spacial score (nSPS) is 12.4. The fourth-order valence-electron chi connectivity index (χ4n) is 5.42. The predicted octanol–water partition coefficient (Wildman–Crippen LogP) is 7.21. The third-order valence-corrected chi connectivity index (χ3v) is 14.1. The molecule has 0 heterocycles. The second-order valence-corrected chi connectivity index (χ2v) is 15.4. The highest BCUT2D eigenvalue weighted by Gasteiger charge is 2.44. The molecule has 0 spiro atoms. The number of hydrogen-bond acceptors (Lipinski definition) is 2. The molecule has 4 rings (SSSR count). The van der Waals surface area contributed by atoms with E-state index in [1.165, 1.54) is 0 Å². The summed E-state index contributed by atoms with van der Waals surface area (Å²) < 4.78 is 30.3. The first-order chi connectivity index (χ1) is 17.5. The Hall–Kier alpha value is -2.66. The molecular weight excluding hydrogens is 478 g/mol. The maximum Gasteiger partial charge on any atom is 0.143 e. The largest absolute Gasteiger partial charge is 0.314 e. The van der Waals surface area contributed by atoms with Crippen molar-refractivity contribution in [3.8, 4) is 0 Å². The fourth-order valence-corrected chi connectivity index (χ4v) is 12.4. The molecule has 0 saturated carbocycles. The Balaban J connectivity index is 1.87. The average Bonchev–Trinajstić information content (AvgIpc) is 2.95. The first-order valence-electron chi connectivity index (χ1n) is 12.9. The van der Waals surface area contributed by atoms with Crippen molar-refractivity contribution in [3.05, 3.63) is 121 Å². The first kappa shape index (κ1) is 26.4. The summed E-state index contributed by atoms with van der Waals surface area (Å²) in [7, 11) is -5.96. The number of hydrogen-bond donors (Lipinski definition) is 0. The van der Waals surface area contributed by atoms with E-state index in [2.05, 4.69) is 13.8 Å². The standard InChI is InChI=1S/C32H36O2P2/c1-3-25-32(4-2,26-35(33,28-17-9-5-10-18-28)29-19-11-6-12-20-29)27-36(34,30-21-13-7-14-22-30)31-23-15-8-16-24-31/h5-24H,3-4,25-27H2,1-2H3. The van der Waals surface area contributed by atoms with E-state index < -0.39 is 14.3 Å². The van der Waals surface area contributed by atoms with Gasteiger partial charge in [-0.1, -0.05) is 142 Å². The van der Waals surface area contributed by atoms with Crippen LogP contribution in [0.5, 0.6) is 0 Å². The highest BCUT2D eigenvalue weighted by molar-refractivity contribution is 7.79. The van der Waals surface area contributed by atoms with Crippen molar-refractivity contribution in [1.82, 2.24) is 0 Å². The molecule has 0 saturated heterocycles. The molecular formula is C32H36O2P2. The lowest BCUT2D eigenvalue weighted by molar-refractivity contribution is 0.324. The van der Waals surface area contributed by atoms with E-state index in [1.807, 2.05) is 121 Å². The number of rotatable bonds is 11. The fraction of sp³-hybridized carbons (Fsp3) is 0.250. The van der Waals surface area contributed by atoms with Crippen LogP contribution in [0.2, 0.25) is 0 Å². The van der Waals surface area contributed by atoms with Crippen LogP contribution in [0.1, 0.15) is 33.1 Å². The quantitative estimate of drug-likeness (QED) is 0.198. The maximum absolute atomic E-state index is 15.1. The van der Waals surface area contributed by atoms with Crippen LogP contribution in [0.4, 0.5) is 0 Å². The summed E-state index contributed by atoms with van der Waals surface area (Å²) in [5, 5.41) is 3.50. The Morgan fingerprint density at radius 2 is 0.778 bits per heavy atom. The molecule has 0 atom stereocenters. The first-order valence-corrected chi connectivity index (χ1v) is 16.6. The second-order valence-electron chi connectivity index (χ2n) is 9.74. The molecule has 0 bridgehead atoms. The van der Waals surface area contributed by atoms with E-state index in [-0.39, 0.29) is 5.41 Å². The monoisotopic (exact) mass is 514 g/mol. The van der Waals surface area contributed by atoms with Gasteiger partial charge in [0.05, 0.1) is 0 Å². The van der Waals surface area contributed by atoms with Gasteiger partial charge in [-0.25, -0.2) is 0 Å². The molecule has 36 heavy (non-hydrogen) atoms. The van der Waals surface area contributed by atoms with Gasteiger partial charge in [0.25, 0.3) is 0 Å². The summed E-state index contributed by atoms with van der Waals surface area (Å²) >= 11 is 0. The van der Waals surface area contributed by atoms with Gasteiger partial charge in [0.2, 0.25) is 0 Å². The molecule has 4 heteroatoms. The summed E-state index contributed by atoms with van der Waals surface area (Å²) in [5.74, 6) is 0. The third-order valence-electron chi connectivity index (χ3n) is 7.34. The Morgan fingerprint density at radius 1 is 0.500 bits per heavy atom. The lowest BCUT2D eigenvalue weighted by Crippen LogP contribution is -2.36. The van der Waals surface area contributed by atoms with Gasteiger partial charge >= 0.3 is 0 Å². The van der Waals surface area contributed by atoms with Gasteiger partial charge in [-0.2, -0.15) is 0 Å². The van der Waals surface area contributed by atoms with E-state index in [1.54, 1.807) is 0 Å². The van der Waals surface area contributed by atoms with Crippen molar-refractivity contribution in [2.24, 2.45) is 5.41 Å². The molecule has 4 aromatic rings. The van der Waals surface area contributed by atoms with Crippen LogP contribution in [0, 0.1) is 5.41 Å². The summed E-state index contributed by atoms with van der Waals surface area (Å²) in [4.78, 5) is 0. The van der Waals surface area contributed by atoms with E-state index in [0.717, 1.165) is 40.5 Å². The van der Waals surface area contributed by atoms with Gasteiger partial charge in [-0.15, -0.1) is 0 Å². The highest BCUT2D eigenvalue weighted by atomic mass is 31.2. The smallest absolute Gasteiger partial charge is 0.143 e. The van der Waals surface area contributed by atoms with Crippen LogP contribution in [-0.2, 0) is 9.13 Å². The molecule has 0 N–H and O–H groups in total. The molecule has 0 amide bonds. The minimum absolute atomic E-state index is 0.350. The van der Waals surface area contributed by atoms with Crippen molar-refractivity contribution < 1.29 is 9.13 Å². The zero-order valence-corrected chi connectivity index (χ0v) is 23.1. The zero-order valence-electron chi connectivity index (χ0n) is 21.3. The molecule has 0 aliphatic rings. The molecule has 2 nitrogen and oxygen atoms in total. The molecule has 0 aliphatic carbocycles. The van der Waals surface area contributed by atoms with Crippen LogP contribution in [0.3, 0.4) is 0 Å². The Bertz CT molecular complexity index is 1130. The van der Waals surface area contributed by atoms with Gasteiger partial charge in [0.15, 0.2) is 0 Å². The van der Waals surface area contributed by atoms with Gasteiger partial charge in [-0.3, -0.25) is 0 Å². The third kappa shape index (κ3) is 5.51. The van der Waals surface area contributed by atoms with Crippen molar-refractivity contribution in [3.63, 3.8) is 0 Å². The van der Waals surface area contributed by atoms with E-state index in [0.29, 0.717) is 12.3 Å². The van der Waals surface area contributed by atoms with Crippen LogP contribution in [-0.4, -0.2) is 12.3 Å². The highest BCUT2D eigenvalue weighted by Crippen LogP contribution is 2.57. The molecule has 0 aromatic heterocycles. The van der Waals surface area contributed by atoms with Crippen LogP contribution in [0.25, 0.3) is 0 Å². The zero-order chi connectivity index (χ0) is 25.5. The van der Waals surface area contributed by atoms with E-state index >= 15 is 9.13 Å². The topological polar surface area (TPSA) is 34.1 Å². The molecule has 0 radical (unpaired) electrons. The molecule has 4 aromatic carbocycles. The average molecular weight is 515 g/mol. The van der Waals surface area contributed by atoms with Gasteiger partial charge in [-0.05, 0) is 18.3 Å². The van der Waals surface area contributed by atoms with Crippen molar-refractivity contribution in [1.29, 1.82) is 0 Å². The summed E-state index contributed by atoms with van der Waals surface area (Å²) in [6.07, 6.45) is 3.63. The minimum atomic E-state index is -2.98.